The number of carbonyl (C=O) groups is 1. The van der Waals surface area contributed by atoms with Crippen molar-refractivity contribution < 1.29 is 4.79 Å². The summed E-state index contributed by atoms with van der Waals surface area (Å²) in [7, 11) is 0. The van der Waals surface area contributed by atoms with Crippen LogP contribution >= 0.6 is 11.3 Å². The van der Waals surface area contributed by atoms with Gasteiger partial charge in [0, 0.05) is 25.4 Å². The number of rotatable bonds is 7. The SMILES string of the molecule is O=C(NCCNc1cc(Nc2ccccn2)ncn1)c1nc2ccccc2s1. The zero-order valence-electron chi connectivity index (χ0n) is 14.8. The molecule has 0 aliphatic carbocycles. The molecule has 1 amide bonds. The first-order valence-electron chi connectivity index (χ1n) is 8.66. The van der Waals surface area contributed by atoms with Crippen molar-refractivity contribution >= 4 is 44.9 Å². The third kappa shape index (κ3) is 4.38. The van der Waals surface area contributed by atoms with Crippen LogP contribution < -0.4 is 16.0 Å². The van der Waals surface area contributed by atoms with Crippen molar-refractivity contribution in [2.75, 3.05) is 23.7 Å². The zero-order chi connectivity index (χ0) is 19.2. The van der Waals surface area contributed by atoms with Crippen LogP contribution in [0, 0.1) is 0 Å². The number of aromatic nitrogens is 4. The lowest BCUT2D eigenvalue weighted by molar-refractivity contribution is 0.0955. The van der Waals surface area contributed by atoms with E-state index in [2.05, 4.69) is 35.9 Å². The second-order valence-electron chi connectivity index (χ2n) is 5.80. The van der Waals surface area contributed by atoms with Crippen LogP contribution in [0.15, 0.2) is 61.1 Å². The van der Waals surface area contributed by atoms with Crippen molar-refractivity contribution in [2.45, 2.75) is 0 Å². The van der Waals surface area contributed by atoms with Gasteiger partial charge in [0.25, 0.3) is 5.91 Å². The second kappa shape index (κ2) is 8.40. The lowest BCUT2D eigenvalue weighted by Gasteiger charge is -2.08. The average Bonchev–Trinajstić information content (AvgIpc) is 3.17. The number of anilines is 3. The van der Waals surface area contributed by atoms with E-state index in [1.54, 1.807) is 12.3 Å². The number of nitrogens with zero attached hydrogens (tertiary/aromatic N) is 4. The number of thiazole rings is 1. The fraction of sp³-hybridized carbons (Fsp3) is 0.105. The third-order valence-corrected chi connectivity index (χ3v) is 4.83. The van der Waals surface area contributed by atoms with E-state index >= 15 is 0 Å². The summed E-state index contributed by atoms with van der Waals surface area (Å²) in [6.07, 6.45) is 3.17. The molecule has 0 radical (unpaired) electrons. The first kappa shape index (κ1) is 17.8. The minimum Gasteiger partial charge on any atom is -0.368 e. The maximum Gasteiger partial charge on any atom is 0.280 e. The summed E-state index contributed by atoms with van der Waals surface area (Å²) >= 11 is 1.38. The van der Waals surface area contributed by atoms with E-state index < -0.39 is 0 Å². The first-order chi connectivity index (χ1) is 13.8. The molecular formula is C19H17N7OS. The molecule has 4 rings (SSSR count). The van der Waals surface area contributed by atoms with Gasteiger partial charge in [0.05, 0.1) is 10.2 Å². The smallest absolute Gasteiger partial charge is 0.280 e. The van der Waals surface area contributed by atoms with Crippen LogP contribution in [0.1, 0.15) is 9.80 Å². The number of pyridine rings is 1. The van der Waals surface area contributed by atoms with E-state index in [0.29, 0.717) is 35.6 Å². The van der Waals surface area contributed by atoms with Crippen LogP contribution in [0.25, 0.3) is 10.2 Å². The highest BCUT2D eigenvalue weighted by atomic mass is 32.1. The summed E-state index contributed by atoms with van der Waals surface area (Å²) < 4.78 is 1.000. The quantitative estimate of drug-likeness (QED) is 0.416. The van der Waals surface area contributed by atoms with Gasteiger partial charge in [0.1, 0.15) is 23.8 Å². The van der Waals surface area contributed by atoms with Gasteiger partial charge in [-0.1, -0.05) is 18.2 Å². The van der Waals surface area contributed by atoms with Crippen molar-refractivity contribution in [3.05, 3.63) is 66.1 Å². The molecular weight excluding hydrogens is 374 g/mol. The molecule has 4 aromatic rings. The predicted molar refractivity (Wildman–Crippen MR) is 110 cm³/mol. The number of nitrogens with one attached hydrogen (secondary N) is 3. The molecule has 0 aliphatic heterocycles. The molecule has 1 aromatic carbocycles. The van der Waals surface area contributed by atoms with E-state index in [0.717, 1.165) is 10.2 Å². The summed E-state index contributed by atoms with van der Waals surface area (Å²) in [6.45, 7) is 0.971. The predicted octanol–water partition coefficient (Wildman–Crippen LogP) is 3.07. The Bertz CT molecular complexity index is 1050. The maximum absolute atomic E-state index is 12.2. The summed E-state index contributed by atoms with van der Waals surface area (Å²) in [4.78, 5) is 29.2. The van der Waals surface area contributed by atoms with Gasteiger partial charge in [-0.05, 0) is 24.3 Å². The number of para-hydroxylation sites is 1. The topological polar surface area (TPSA) is 105 Å². The Kier molecular flexibility index (Phi) is 5.34. The molecule has 0 aliphatic rings. The lowest BCUT2D eigenvalue weighted by Crippen LogP contribution is -2.28. The van der Waals surface area contributed by atoms with Gasteiger partial charge in [-0.2, -0.15) is 0 Å². The summed E-state index contributed by atoms with van der Waals surface area (Å²) in [5.41, 5.74) is 0.838. The minimum atomic E-state index is -0.178. The second-order valence-corrected chi connectivity index (χ2v) is 6.83. The maximum atomic E-state index is 12.2. The molecule has 0 atom stereocenters. The van der Waals surface area contributed by atoms with E-state index in [1.807, 2.05) is 42.5 Å². The molecule has 0 saturated carbocycles. The van der Waals surface area contributed by atoms with Crippen LogP contribution in [-0.2, 0) is 0 Å². The monoisotopic (exact) mass is 391 g/mol. The molecule has 3 heterocycles. The van der Waals surface area contributed by atoms with E-state index in [-0.39, 0.29) is 5.91 Å². The van der Waals surface area contributed by atoms with Crippen molar-refractivity contribution in [2.24, 2.45) is 0 Å². The third-order valence-electron chi connectivity index (χ3n) is 3.79. The van der Waals surface area contributed by atoms with Crippen molar-refractivity contribution in [3.63, 3.8) is 0 Å². The molecule has 0 saturated heterocycles. The fourth-order valence-electron chi connectivity index (χ4n) is 2.50. The average molecular weight is 391 g/mol. The molecule has 8 nitrogen and oxygen atoms in total. The zero-order valence-corrected chi connectivity index (χ0v) is 15.6. The Morgan fingerprint density at radius 2 is 1.79 bits per heavy atom. The lowest BCUT2D eigenvalue weighted by atomic mass is 10.3. The standard InChI is InChI=1S/C19H17N7OS/c27-18(19-25-13-5-1-2-6-14(13)28-19)22-10-9-21-16-11-17(24-12-23-16)26-15-7-3-4-8-20-15/h1-8,11-12H,9-10H2,(H,22,27)(H2,20,21,23,24,26). The molecule has 140 valence electrons. The Labute approximate surface area is 165 Å². The first-order valence-corrected chi connectivity index (χ1v) is 9.47. The fourth-order valence-corrected chi connectivity index (χ4v) is 3.38. The summed E-state index contributed by atoms with van der Waals surface area (Å²) in [5, 5.41) is 9.59. The summed E-state index contributed by atoms with van der Waals surface area (Å²) in [5.74, 6) is 1.82. The number of hydrogen-bond donors (Lipinski definition) is 3. The Morgan fingerprint density at radius 3 is 2.64 bits per heavy atom. The normalized spacial score (nSPS) is 10.6. The van der Waals surface area contributed by atoms with Crippen LogP contribution in [0.4, 0.5) is 17.5 Å². The van der Waals surface area contributed by atoms with Gasteiger partial charge in [0.15, 0.2) is 5.01 Å². The molecule has 0 unspecified atom stereocenters. The molecule has 0 bridgehead atoms. The van der Waals surface area contributed by atoms with Crippen LogP contribution in [-0.4, -0.2) is 38.9 Å². The number of fused-ring (bicyclic) bond motifs is 1. The molecule has 0 spiro atoms. The van der Waals surface area contributed by atoms with Crippen molar-refractivity contribution in [3.8, 4) is 0 Å². The van der Waals surface area contributed by atoms with Gasteiger partial charge >= 0.3 is 0 Å². The van der Waals surface area contributed by atoms with Gasteiger partial charge < -0.3 is 16.0 Å². The minimum absolute atomic E-state index is 0.178. The van der Waals surface area contributed by atoms with E-state index in [9.17, 15) is 4.79 Å². The molecule has 3 aromatic heterocycles. The Hall–Kier alpha value is -3.59. The highest BCUT2D eigenvalue weighted by Crippen LogP contribution is 2.21. The van der Waals surface area contributed by atoms with Gasteiger partial charge in [-0.3, -0.25) is 4.79 Å². The van der Waals surface area contributed by atoms with Gasteiger partial charge in [-0.25, -0.2) is 19.9 Å². The van der Waals surface area contributed by atoms with E-state index in [1.165, 1.54) is 17.7 Å². The highest BCUT2D eigenvalue weighted by Gasteiger charge is 2.11. The number of carbonyl (C=O) groups excluding carboxylic acids is 1. The number of hydrogen-bond acceptors (Lipinski definition) is 8. The van der Waals surface area contributed by atoms with Crippen LogP contribution in [0.5, 0.6) is 0 Å². The number of amides is 1. The van der Waals surface area contributed by atoms with Crippen LogP contribution in [0.3, 0.4) is 0 Å². The molecule has 9 heteroatoms. The van der Waals surface area contributed by atoms with Crippen molar-refractivity contribution in [1.29, 1.82) is 0 Å². The van der Waals surface area contributed by atoms with Crippen molar-refractivity contribution in [1.82, 2.24) is 25.3 Å². The highest BCUT2D eigenvalue weighted by molar-refractivity contribution is 7.20. The largest absolute Gasteiger partial charge is 0.368 e. The van der Waals surface area contributed by atoms with Crippen LogP contribution in [0.2, 0.25) is 0 Å². The Balaban J connectivity index is 1.28. The Morgan fingerprint density at radius 1 is 0.929 bits per heavy atom. The van der Waals surface area contributed by atoms with Gasteiger partial charge in [-0.15, -0.1) is 11.3 Å². The van der Waals surface area contributed by atoms with Gasteiger partial charge in [0.2, 0.25) is 0 Å². The number of benzene rings is 1. The molecule has 28 heavy (non-hydrogen) atoms. The molecule has 3 N–H and O–H groups in total. The summed E-state index contributed by atoms with van der Waals surface area (Å²) in [6, 6.07) is 15.1. The molecule has 0 fully saturated rings. The van der Waals surface area contributed by atoms with E-state index in [4.69, 9.17) is 0 Å².